The van der Waals surface area contributed by atoms with Crippen LogP contribution in [0.3, 0.4) is 0 Å². The fourth-order valence-electron chi connectivity index (χ4n) is 2.98. The molecular weight excluding hydrogens is 302 g/mol. The van der Waals surface area contributed by atoms with Crippen molar-refractivity contribution in [3.63, 3.8) is 0 Å². The Kier molecular flexibility index (Phi) is 3.04. The second-order valence-electron chi connectivity index (χ2n) is 5.73. The number of hydrogen-bond acceptors (Lipinski definition) is 5. The average molecular weight is 317 g/mol. The highest BCUT2D eigenvalue weighted by Crippen LogP contribution is 2.27. The molecule has 0 aliphatic carbocycles. The molecule has 3 heterocycles. The number of aromatic amines is 1. The lowest BCUT2D eigenvalue weighted by molar-refractivity contribution is 0.359. The molecule has 114 valence electrons. The molecule has 1 N–H and O–H groups in total. The Labute approximate surface area is 127 Å². The highest BCUT2D eigenvalue weighted by molar-refractivity contribution is 7.91. The predicted molar refractivity (Wildman–Crippen MR) is 82.1 cm³/mol. The lowest BCUT2D eigenvalue weighted by atomic mass is 10.1. The molecule has 1 saturated heterocycles. The summed E-state index contributed by atoms with van der Waals surface area (Å²) in [6.07, 6.45) is 3.06. The lowest BCUT2D eigenvalue weighted by Gasteiger charge is -2.01. The molecule has 0 saturated carbocycles. The van der Waals surface area contributed by atoms with Crippen LogP contribution in [0.4, 0.5) is 0 Å². The van der Waals surface area contributed by atoms with Gasteiger partial charge in [0.15, 0.2) is 9.84 Å². The van der Waals surface area contributed by atoms with E-state index in [2.05, 4.69) is 15.1 Å². The lowest BCUT2D eigenvalue weighted by Crippen LogP contribution is -2.07. The molecule has 0 radical (unpaired) electrons. The van der Waals surface area contributed by atoms with Crippen LogP contribution in [0.2, 0.25) is 0 Å². The first-order valence-electron chi connectivity index (χ1n) is 7.20. The number of para-hydroxylation sites is 1. The summed E-state index contributed by atoms with van der Waals surface area (Å²) in [4.78, 5) is 7.60. The van der Waals surface area contributed by atoms with Crippen molar-refractivity contribution in [2.75, 3.05) is 11.5 Å². The SMILES string of the molecule is O=S1(=O)CCC(Cc2nc(-c3c[nH]c4ccccc34)no2)C1. The normalized spacial score (nSPS) is 20.6. The molecule has 1 aliphatic heterocycles. The second-order valence-corrected chi connectivity index (χ2v) is 7.96. The molecule has 2 aromatic heterocycles. The van der Waals surface area contributed by atoms with E-state index >= 15 is 0 Å². The van der Waals surface area contributed by atoms with Gasteiger partial charge in [0.25, 0.3) is 0 Å². The van der Waals surface area contributed by atoms with Crippen LogP contribution < -0.4 is 0 Å². The first-order chi connectivity index (χ1) is 10.6. The summed E-state index contributed by atoms with van der Waals surface area (Å²) in [6.45, 7) is 0. The Morgan fingerprint density at radius 2 is 2.18 bits per heavy atom. The van der Waals surface area contributed by atoms with Gasteiger partial charge < -0.3 is 9.51 Å². The van der Waals surface area contributed by atoms with Crippen molar-refractivity contribution in [1.29, 1.82) is 0 Å². The van der Waals surface area contributed by atoms with Crippen molar-refractivity contribution in [3.05, 3.63) is 36.4 Å². The Hall–Kier alpha value is -2.15. The van der Waals surface area contributed by atoms with Gasteiger partial charge in [0, 0.05) is 29.1 Å². The van der Waals surface area contributed by atoms with Gasteiger partial charge in [-0.2, -0.15) is 4.98 Å². The number of aromatic nitrogens is 3. The molecule has 1 aromatic carbocycles. The molecule has 0 bridgehead atoms. The third kappa shape index (κ3) is 2.41. The average Bonchev–Trinajstić information content (AvgIpc) is 3.17. The Bertz CT molecular complexity index is 926. The van der Waals surface area contributed by atoms with E-state index in [1.54, 1.807) is 0 Å². The number of fused-ring (bicyclic) bond motifs is 1. The maximum absolute atomic E-state index is 11.5. The van der Waals surface area contributed by atoms with Crippen molar-refractivity contribution in [3.8, 4) is 11.4 Å². The van der Waals surface area contributed by atoms with Crippen molar-refractivity contribution >= 4 is 20.7 Å². The van der Waals surface area contributed by atoms with Gasteiger partial charge in [-0.25, -0.2) is 8.42 Å². The highest BCUT2D eigenvalue weighted by atomic mass is 32.2. The van der Waals surface area contributed by atoms with E-state index in [0.29, 0.717) is 24.6 Å². The molecule has 1 aliphatic rings. The van der Waals surface area contributed by atoms with E-state index in [1.165, 1.54) is 0 Å². The molecule has 1 fully saturated rings. The van der Waals surface area contributed by atoms with Crippen LogP contribution in [-0.2, 0) is 16.3 Å². The molecule has 1 atom stereocenters. The molecule has 1 unspecified atom stereocenters. The summed E-state index contributed by atoms with van der Waals surface area (Å²) >= 11 is 0. The van der Waals surface area contributed by atoms with Gasteiger partial charge in [-0.1, -0.05) is 23.4 Å². The van der Waals surface area contributed by atoms with Crippen LogP contribution in [-0.4, -0.2) is 35.0 Å². The quantitative estimate of drug-likeness (QED) is 0.800. The van der Waals surface area contributed by atoms with E-state index in [-0.39, 0.29) is 17.4 Å². The van der Waals surface area contributed by atoms with Crippen molar-refractivity contribution < 1.29 is 12.9 Å². The first kappa shape index (κ1) is 13.5. The van der Waals surface area contributed by atoms with Gasteiger partial charge >= 0.3 is 0 Å². The smallest absolute Gasteiger partial charge is 0.227 e. The number of nitrogens with zero attached hydrogens (tertiary/aromatic N) is 2. The summed E-state index contributed by atoms with van der Waals surface area (Å²) < 4.78 is 28.3. The van der Waals surface area contributed by atoms with Crippen LogP contribution in [0, 0.1) is 5.92 Å². The molecule has 4 rings (SSSR count). The summed E-state index contributed by atoms with van der Waals surface area (Å²) in [6, 6.07) is 7.92. The van der Waals surface area contributed by atoms with Crippen LogP contribution in [0.25, 0.3) is 22.3 Å². The number of sulfone groups is 1. The minimum Gasteiger partial charge on any atom is -0.360 e. The van der Waals surface area contributed by atoms with Gasteiger partial charge in [0.1, 0.15) is 0 Å². The largest absolute Gasteiger partial charge is 0.360 e. The summed E-state index contributed by atoms with van der Waals surface area (Å²) in [7, 11) is -2.88. The number of H-pyrrole nitrogens is 1. The van der Waals surface area contributed by atoms with Crippen LogP contribution in [0.5, 0.6) is 0 Å². The van der Waals surface area contributed by atoms with Gasteiger partial charge in [0.2, 0.25) is 11.7 Å². The van der Waals surface area contributed by atoms with Gasteiger partial charge in [-0.15, -0.1) is 0 Å². The predicted octanol–water partition coefficient (Wildman–Crippen LogP) is 2.20. The van der Waals surface area contributed by atoms with Crippen LogP contribution >= 0.6 is 0 Å². The summed E-state index contributed by atoms with van der Waals surface area (Å²) in [5.41, 5.74) is 1.91. The van der Waals surface area contributed by atoms with E-state index in [4.69, 9.17) is 4.52 Å². The molecule has 22 heavy (non-hydrogen) atoms. The van der Waals surface area contributed by atoms with Crippen molar-refractivity contribution in [1.82, 2.24) is 15.1 Å². The number of rotatable bonds is 3. The van der Waals surface area contributed by atoms with E-state index in [9.17, 15) is 8.42 Å². The Morgan fingerprint density at radius 1 is 1.32 bits per heavy atom. The molecule has 6 nitrogen and oxygen atoms in total. The van der Waals surface area contributed by atoms with Crippen LogP contribution in [0.15, 0.2) is 35.0 Å². The van der Waals surface area contributed by atoms with Gasteiger partial charge in [-0.3, -0.25) is 0 Å². The monoisotopic (exact) mass is 317 g/mol. The minimum absolute atomic E-state index is 0.0845. The van der Waals surface area contributed by atoms with Crippen molar-refractivity contribution in [2.24, 2.45) is 5.92 Å². The van der Waals surface area contributed by atoms with E-state index in [1.807, 2.05) is 30.5 Å². The second kappa shape index (κ2) is 4.95. The number of nitrogens with one attached hydrogen (secondary N) is 1. The molecule has 0 amide bonds. The molecular formula is C15H15N3O3S. The van der Waals surface area contributed by atoms with E-state index < -0.39 is 9.84 Å². The number of benzene rings is 1. The highest BCUT2D eigenvalue weighted by Gasteiger charge is 2.29. The maximum atomic E-state index is 11.5. The molecule has 3 aromatic rings. The first-order valence-corrected chi connectivity index (χ1v) is 9.02. The third-order valence-electron chi connectivity index (χ3n) is 4.09. The summed E-state index contributed by atoms with van der Waals surface area (Å²) in [5.74, 6) is 1.61. The molecule has 0 spiro atoms. The van der Waals surface area contributed by atoms with Gasteiger partial charge in [-0.05, 0) is 18.4 Å². The zero-order chi connectivity index (χ0) is 15.2. The van der Waals surface area contributed by atoms with E-state index in [0.717, 1.165) is 16.5 Å². The fourth-order valence-corrected chi connectivity index (χ4v) is 4.85. The summed E-state index contributed by atoms with van der Waals surface area (Å²) in [5, 5.41) is 5.07. The zero-order valence-electron chi connectivity index (χ0n) is 11.8. The topological polar surface area (TPSA) is 88.9 Å². The van der Waals surface area contributed by atoms with Gasteiger partial charge in [0.05, 0.1) is 11.5 Å². The zero-order valence-corrected chi connectivity index (χ0v) is 12.6. The maximum Gasteiger partial charge on any atom is 0.227 e. The standard InChI is InChI=1S/C15H15N3O3S/c19-22(20)6-5-10(9-22)7-14-17-15(18-21-14)12-8-16-13-4-2-1-3-11(12)13/h1-4,8,10,16H,5-7,9H2. The molecule has 7 heteroatoms. The van der Waals surface area contributed by atoms with Crippen molar-refractivity contribution in [2.45, 2.75) is 12.8 Å². The minimum atomic E-state index is -2.88. The fraction of sp³-hybridized carbons (Fsp3) is 0.333. The number of hydrogen-bond donors (Lipinski definition) is 1. The van der Waals surface area contributed by atoms with Crippen LogP contribution in [0.1, 0.15) is 12.3 Å². The third-order valence-corrected chi connectivity index (χ3v) is 5.93. The Balaban J connectivity index is 1.59. The Morgan fingerprint density at radius 3 is 3.00 bits per heavy atom.